The van der Waals surface area contributed by atoms with Gasteiger partial charge in [0.2, 0.25) is 5.91 Å². The van der Waals surface area contributed by atoms with Crippen LogP contribution in [0, 0.1) is 0 Å². The van der Waals surface area contributed by atoms with Gasteiger partial charge in [0, 0.05) is 29.9 Å². The molecule has 2 aromatic carbocycles. The van der Waals surface area contributed by atoms with Gasteiger partial charge in [-0.1, -0.05) is 36.4 Å². The Labute approximate surface area is 157 Å². The molecule has 0 fully saturated rings. The van der Waals surface area contributed by atoms with Crippen molar-refractivity contribution in [3.63, 3.8) is 0 Å². The number of nitrogens with zero attached hydrogens (tertiary/aromatic N) is 2. The normalized spacial score (nSPS) is 11.8. The van der Waals surface area contributed by atoms with Crippen LogP contribution in [-0.2, 0) is 11.8 Å². The molecule has 1 amide bonds. The molecular formula is C20H21N3O2S. The third-order valence-corrected chi connectivity index (χ3v) is 5.00. The summed E-state index contributed by atoms with van der Waals surface area (Å²) in [6.07, 6.45) is 3.59. The number of rotatable bonds is 7. The molecule has 0 saturated heterocycles. The Bertz CT molecular complexity index is 864. The van der Waals surface area contributed by atoms with Crippen LogP contribution in [0.25, 0.3) is 0 Å². The Kier molecular flexibility index (Phi) is 5.96. The van der Waals surface area contributed by atoms with E-state index in [2.05, 4.69) is 10.3 Å². The van der Waals surface area contributed by atoms with Gasteiger partial charge in [-0.15, -0.1) is 11.8 Å². The first kappa shape index (κ1) is 18.1. The first-order valence-corrected chi connectivity index (χ1v) is 9.25. The van der Waals surface area contributed by atoms with Gasteiger partial charge in [0.25, 0.3) is 0 Å². The second-order valence-electron chi connectivity index (χ2n) is 5.74. The Morgan fingerprint density at radius 3 is 2.62 bits per heavy atom. The summed E-state index contributed by atoms with van der Waals surface area (Å²) in [4.78, 5) is 18.1. The van der Waals surface area contributed by atoms with Crippen LogP contribution in [-0.4, -0.2) is 28.3 Å². The summed E-state index contributed by atoms with van der Waals surface area (Å²) in [5.74, 6) is 1.75. The quantitative estimate of drug-likeness (QED) is 0.650. The second kappa shape index (κ2) is 8.58. The first-order chi connectivity index (χ1) is 12.7. The minimum atomic E-state index is -0.380. The van der Waals surface area contributed by atoms with E-state index in [1.165, 1.54) is 11.8 Å². The van der Waals surface area contributed by atoms with E-state index in [0.29, 0.717) is 5.75 Å². The van der Waals surface area contributed by atoms with Crippen LogP contribution in [0.15, 0.2) is 71.9 Å². The van der Waals surface area contributed by atoms with E-state index in [9.17, 15) is 4.79 Å². The lowest BCUT2D eigenvalue weighted by Gasteiger charge is -2.21. The molecule has 1 atom stereocenters. The summed E-state index contributed by atoms with van der Waals surface area (Å²) in [7, 11) is 3.54. The van der Waals surface area contributed by atoms with E-state index in [1.807, 2.05) is 72.4 Å². The van der Waals surface area contributed by atoms with Gasteiger partial charge in [-0.3, -0.25) is 4.79 Å². The number of carbonyl (C=O) groups is 1. The molecule has 3 aromatic rings. The summed E-state index contributed by atoms with van der Waals surface area (Å²) in [6, 6.07) is 17.2. The molecule has 0 aliphatic rings. The fourth-order valence-corrected chi connectivity index (χ4v) is 3.44. The van der Waals surface area contributed by atoms with E-state index >= 15 is 0 Å². The van der Waals surface area contributed by atoms with Gasteiger partial charge in [0.1, 0.15) is 17.6 Å². The minimum absolute atomic E-state index is 0.0576. The molecule has 0 bridgehead atoms. The maximum absolute atomic E-state index is 12.6. The van der Waals surface area contributed by atoms with Gasteiger partial charge in [-0.05, 0) is 18.2 Å². The van der Waals surface area contributed by atoms with Crippen molar-refractivity contribution in [2.75, 3.05) is 12.9 Å². The van der Waals surface area contributed by atoms with Gasteiger partial charge in [-0.2, -0.15) is 0 Å². The van der Waals surface area contributed by atoms with Crippen LogP contribution < -0.4 is 10.1 Å². The molecule has 1 heterocycles. The summed E-state index contributed by atoms with van der Waals surface area (Å²) >= 11 is 1.51. The molecule has 1 N–H and O–H groups in total. The van der Waals surface area contributed by atoms with Gasteiger partial charge in [0.15, 0.2) is 0 Å². The fraction of sp³-hybridized carbons (Fsp3) is 0.200. The van der Waals surface area contributed by atoms with Crippen LogP contribution in [0.1, 0.15) is 17.4 Å². The highest BCUT2D eigenvalue weighted by Gasteiger charge is 2.23. The fourth-order valence-electron chi connectivity index (χ4n) is 2.71. The maximum Gasteiger partial charge on any atom is 0.231 e. The molecule has 0 spiro atoms. The minimum Gasteiger partial charge on any atom is -0.496 e. The number of aromatic nitrogens is 2. The first-order valence-electron chi connectivity index (χ1n) is 8.26. The van der Waals surface area contributed by atoms with E-state index in [4.69, 9.17) is 4.74 Å². The lowest BCUT2D eigenvalue weighted by Crippen LogP contribution is -2.32. The number of hydrogen-bond donors (Lipinski definition) is 1. The smallest absolute Gasteiger partial charge is 0.231 e. The number of amides is 1. The van der Waals surface area contributed by atoms with Gasteiger partial charge in [0.05, 0.1) is 12.9 Å². The van der Waals surface area contributed by atoms with E-state index in [-0.39, 0.29) is 11.9 Å². The Morgan fingerprint density at radius 1 is 1.19 bits per heavy atom. The van der Waals surface area contributed by atoms with Crippen molar-refractivity contribution in [2.24, 2.45) is 7.05 Å². The highest BCUT2D eigenvalue weighted by atomic mass is 32.2. The third-order valence-electron chi connectivity index (χ3n) is 3.99. The van der Waals surface area contributed by atoms with Gasteiger partial charge in [-0.25, -0.2) is 4.98 Å². The number of hydrogen-bond acceptors (Lipinski definition) is 4. The van der Waals surface area contributed by atoms with Crippen LogP contribution in [0.5, 0.6) is 5.75 Å². The lowest BCUT2D eigenvalue weighted by molar-refractivity contribution is -0.119. The van der Waals surface area contributed by atoms with Crippen molar-refractivity contribution >= 4 is 17.7 Å². The number of nitrogens with one attached hydrogen (secondary N) is 1. The molecule has 134 valence electrons. The van der Waals surface area contributed by atoms with Gasteiger partial charge < -0.3 is 14.6 Å². The molecule has 0 aliphatic carbocycles. The summed E-state index contributed by atoms with van der Waals surface area (Å²) in [5.41, 5.74) is 0.877. The van der Waals surface area contributed by atoms with Crippen LogP contribution in [0.2, 0.25) is 0 Å². The van der Waals surface area contributed by atoms with E-state index in [1.54, 1.807) is 13.3 Å². The molecule has 0 saturated carbocycles. The number of para-hydroxylation sites is 1. The average Bonchev–Trinajstić information content (AvgIpc) is 3.11. The highest BCUT2D eigenvalue weighted by molar-refractivity contribution is 8.00. The Morgan fingerprint density at radius 2 is 1.92 bits per heavy atom. The molecule has 6 heteroatoms. The molecule has 1 unspecified atom stereocenters. The highest BCUT2D eigenvalue weighted by Crippen LogP contribution is 2.29. The predicted molar refractivity (Wildman–Crippen MR) is 103 cm³/mol. The number of aryl methyl sites for hydroxylation is 1. The molecule has 3 rings (SSSR count). The van der Waals surface area contributed by atoms with Crippen LogP contribution in [0.3, 0.4) is 0 Å². The zero-order valence-electron chi connectivity index (χ0n) is 14.8. The third kappa shape index (κ3) is 4.26. The SMILES string of the molecule is COc1ccccc1C(NC(=O)CSc1ccccc1)c1nccn1C. The molecule has 26 heavy (non-hydrogen) atoms. The zero-order chi connectivity index (χ0) is 18.4. The van der Waals surface area contributed by atoms with Crippen molar-refractivity contribution in [1.29, 1.82) is 0 Å². The number of benzene rings is 2. The standard InChI is InChI=1S/C20H21N3O2S/c1-23-13-12-21-20(23)19(16-10-6-7-11-17(16)25-2)22-18(24)14-26-15-8-4-3-5-9-15/h3-13,19H,14H2,1-2H3,(H,22,24). The molecule has 1 aromatic heterocycles. The molecule has 0 aliphatic heterocycles. The number of carbonyl (C=O) groups excluding carboxylic acids is 1. The Balaban J connectivity index is 1.80. The molecule has 0 radical (unpaired) electrons. The monoisotopic (exact) mass is 367 g/mol. The molecular weight excluding hydrogens is 346 g/mol. The van der Waals surface area contributed by atoms with Crippen molar-refractivity contribution in [3.05, 3.63) is 78.4 Å². The zero-order valence-corrected chi connectivity index (χ0v) is 15.6. The lowest BCUT2D eigenvalue weighted by atomic mass is 10.0. The van der Waals surface area contributed by atoms with Crippen molar-refractivity contribution in [3.8, 4) is 5.75 Å². The van der Waals surface area contributed by atoms with Crippen molar-refractivity contribution in [2.45, 2.75) is 10.9 Å². The van der Waals surface area contributed by atoms with E-state index < -0.39 is 0 Å². The summed E-state index contributed by atoms with van der Waals surface area (Å²) in [6.45, 7) is 0. The topological polar surface area (TPSA) is 56.1 Å². The van der Waals surface area contributed by atoms with Gasteiger partial charge >= 0.3 is 0 Å². The summed E-state index contributed by atoms with van der Waals surface area (Å²) in [5, 5.41) is 3.10. The predicted octanol–water partition coefficient (Wildman–Crippen LogP) is 3.43. The number of ether oxygens (including phenoxy) is 1. The van der Waals surface area contributed by atoms with Crippen molar-refractivity contribution < 1.29 is 9.53 Å². The maximum atomic E-state index is 12.6. The van der Waals surface area contributed by atoms with E-state index in [0.717, 1.165) is 22.0 Å². The molecule has 5 nitrogen and oxygen atoms in total. The second-order valence-corrected chi connectivity index (χ2v) is 6.79. The van der Waals surface area contributed by atoms with Crippen LogP contribution in [0.4, 0.5) is 0 Å². The largest absolute Gasteiger partial charge is 0.496 e. The number of imidazole rings is 1. The van der Waals surface area contributed by atoms with Crippen molar-refractivity contribution in [1.82, 2.24) is 14.9 Å². The van der Waals surface area contributed by atoms with Crippen LogP contribution >= 0.6 is 11.8 Å². The number of methoxy groups -OCH3 is 1. The summed E-state index contributed by atoms with van der Waals surface area (Å²) < 4.78 is 7.39. The Hall–Kier alpha value is -2.73. The average molecular weight is 367 g/mol. The number of thioether (sulfide) groups is 1.